The number of β-amino-alcohol motifs (C(OH)–C–C–N with tert-alkyl or cyclic N) is 1. The van der Waals surface area contributed by atoms with Crippen LogP contribution in [-0.2, 0) is 0 Å². The minimum absolute atomic E-state index is 0.0428. The van der Waals surface area contributed by atoms with Gasteiger partial charge in [-0.1, -0.05) is 0 Å². The summed E-state index contributed by atoms with van der Waals surface area (Å²) in [5, 5.41) is 20.4. The predicted molar refractivity (Wildman–Crippen MR) is 67.1 cm³/mol. The van der Waals surface area contributed by atoms with Crippen molar-refractivity contribution in [2.45, 2.75) is 18.9 Å². The fourth-order valence-corrected chi connectivity index (χ4v) is 2.20. The SMILES string of the molecule is COc1cc(N2CCCC(O)C2)ccc1[N+](=O)[O-]. The maximum atomic E-state index is 10.8. The van der Waals surface area contributed by atoms with E-state index in [4.69, 9.17) is 4.74 Å². The first-order valence-corrected chi connectivity index (χ1v) is 5.87. The van der Waals surface area contributed by atoms with Crippen molar-refractivity contribution >= 4 is 11.4 Å². The third-order valence-corrected chi connectivity index (χ3v) is 3.12. The number of nitrogens with zero attached hydrogens (tertiary/aromatic N) is 2. The number of ether oxygens (including phenoxy) is 1. The lowest BCUT2D eigenvalue weighted by Gasteiger charge is -2.32. The third kappa shape index (κ3) is 2.53. The summed E-state index contributed by atoms with van der Waals surface area (Å²) in [6.45, 7) is 1.40. The van der Waals surface area contributed by atoms with Gasteiger partial charge < -0.3 is 14.7 Å². The van der Waals surface area contributed by atoms with Crippen LogP contribution in [-0.4, -0.2) is 36.3 Å². The quantitative estimate of drug-likeness (QED) is 0.652. The Kier molecular flexibility index (Phi) is 3.66. The molecule has 6 nitrogen and oxygen atoms in total. The van der Waals surface area contributed by atoms with Crippen LogP contribution in [0.4, 0.5) is 11.4 Å². The summed E-state index contributed by atoms with van der Waals surface area (Å²) < 4.78 is 5.03. The number of aliphatic hydroxyl groups is 1. The van der Waals surface area contributed by atoms with Gasteiger partial charge in [-0.3, -0.25) is 10.1 Å². The summed E-state index contributed by atoms with van der Waals surface area (Å²) in [5.74, 6) is 0.248. The van der Waals surface area contributed by atoms with E-state index in [1.165, 1.54) is 13.2 Å². The van der Waals surface area contributed by atoms with Gasteiger partial charge in [0, 0.05) is 30.9 Å². The summed E-state index contributed by atoms with van der Waals surface area (Å²) in [4.78, 5) is 12.3. The highest BCUT2D eigenvalue weighted by atomic mass is 16.6. The van der Waals surface area contributed by atoms with E-state index >= 15 is 0 Å². The summed E-state index contributed by atoms with van der Waals surface area (Å²) >= 11 is 0. The van der Waals surface area contributed by atoms with Gasteiger partial charge in [-0.05, 0) is 18.9 Å². The van der Waals surface area contributed by atoms with Crippen LogP contribution < -0.4 is 9.64 Å². The molecule has 0 spiro atoms. The van der Waals surface area contributed by atoms with Gasteiger partial charge >= 0.3 is 5.69 Å². The number of piperidine rings is 1. The zero-order valence-electron chi connectivity index (χ0n) is 10.2. The van der Waals surface area contributed by atoms with Crippen molar-refractivity contribution in [1.29, 1.82) is 0 Å². The van der Waals surface area contributed by atoms with E-state index in [2.05, 4.69) is 0 Å². The van der Waals surface area contributed by atoms with E-state index in [1.54, 1.807) is 12.1 Å². The summed E-state index contributed by atoms with van der Waals surface area (Å²) in [7, 11) is 1.41. The van der Waals surface area contributed by atoms with Crippen LogP contribution in [0.2, 0.25) is 0 Å². The van der Waals surface area contributed by atoms with Crippen LogP contribution in [0.5, 0.6) is 5.75 Å². The number of nitro groups is 1. The molecule has 1 atom stereocenters. The summed E-state index contributed by atoms with van der Waals surface area (Å²) in [5.41, 5.74) is 0.801. The van der Waals surface area contributed by atoms with Gasteiger partial charge in [0.1, 0.15) is 0 Å². The second kappa shape index (κ2) is 5.22. The van der Waals surface area contributed by atoms with Crippen LogP contribution in [0, 0.1) is 10.1 Å². The lowest BCUT2D eigenvalue weighted by atomic mass is 10.1. The van der Waals surface area contributed by atoms with Crippen molar-refractivity contribution < 1.29 is 14.8 Å². The fraction of sp³-hybridized carbons (Fsp3) is 0.500. The Bertz CT molecular complexity index is 450. The molecule has 1 fully saturated rings. The van der Waals surface area contributed by atoms with E-state index in [9.17, 15) is 15.2 Å². The molecule has 0 aromatic heterocycles. The Hall–Kier alpha value is -1.82. The molecule has 0 bridgehead atoms. The summed E-state index contributed by atoms with van der Waals surface area (Å²) in [6, 6.07) is 4.78. The van der Waals surface area contributed by atoms with Gasteiger partial charge in [-0.25, -0.2) is 0 Å². The first-order valence-electron chi connectivity index (χ1n) is 5.87. The molecule has 1 saturated heterocycles. The zero-order valence-corrected chi connectivity index (χ0v) is 10.2. The molecule has 0 saturated carbocycles. The fourth-order valence-electron chi connectivity index (χ4n) is 2.20. The molecule has 0 amide bonds. The molecule has 98 valence electrons. The molecule has 6 heteroatoms. The normalized spacial score (nSPS) is 19.7. The highest BCUT2D eigenvalue weighted by Crippen LogP contribution is 2.32. The van der Waals surface area contributed by atoms with Crippen molar-refractivity contribution in [3.8, 4) is 5.75 Å². The molecule has 1 N–H and O–H groups in total. The van der Waals surface area contributed by atoms with Gasteiger partial charge in [0.15, 0.2) is 5.75 Å². The lowest BCUT2D eigenvalue weighted by molar-refractivity contribution is -0.385. The van der Waals surface area contributed by atoms with Crippen molar-refractivity contribution in [1.82, 2.24) is 0 Å². The molecule has 18 heavy (non-hydrogen) atoms. The molecule has 1 aliphatic heterocycles. The van der Waals surface area contributed by atoms with Crippen molar-refractivity contribution in [3.05, 3.63) is 28.3 Å². The Morgan fingerprint density at radius 1 is 1.56 bits per heavy atom. The molecule has 1 aliphatic rings. The van der Waals surface area contributed by atoms with Gasteiger partial charge in [0.2, 0.25) is 0 Å². The molecular formula is C12H16N2O4. The maximum absolute atomic E-state index is 10.8. The van der Waals surface area contributed by atoms with Crippen LogP contribution >= 0.6 is 0 Å². The second-order valence-electron chi connectivity index (χ2n) is 4.36. The molecule has 2 rings (SSSR count). The van der Waals surface area contributed by atoms with E-state index in [-0.39, 0.29) is 17.5 Å². The Balaban J connectivity index is 2.26. The van der Waals surface area contributed by atoms with Gasteiger partial charge in [-0.15, -0.1) is 0 Å². The Labute approximate surface area is 105 Å². The minimum Gasteiger partial charge on any atom is -0.490 e. The number of hydrogen-bond donors (Lipinski definition) is 1. The lowest BCUT2D eigenvalue weighted by Crippen LogP contribution is -2.38. The predicted octanol–water partition coefficient (Wildman–Crippen LogP) is 1.56. The molecule has 1 unspecified atom stereocenters. The van der Waals surface area contributed by atoms with Crippen LogP contribution in [0.25, 0.3) is 0 Å². The smallest absolute Gasteiger partial charge is 0.311 e. The van der Waals surface area contributed by atoms with E-state index < -0.39 is 4.92 Å². The van der Waals surface area contributed by atoms with Gasteiger partial charge in [-0.2, -0.15) is 0 Å². The summed E-state index contributed by atoms with van der Waals surface area (Å²) in [6.07, 6.45) is 1.39. The molecule has 1 aromatic rings. The third-order valence-electron chi connectivity index (χ3n) is 3.12. The maximum Gasteiger partial charge on any atom is 0.311 e. The van der Waals surface area contributed by atoms with Crippen LogP contribution in [0.15, 0.2) is 18.2 Å². The largest absolute Gasteiger partial charge is 0.490 e. The number of anilines is 1. The van der Waals surface area contributed by atoms with E-state index in [1.807, 2.05) is 4.90 Å². The molecular weight excluding hydrogens is 236 g/mol. The standard InChI is InChI=1S/C12H16N2O4/c1-18-12-7-9(4-5-11(12)14(16)17)13-6-2-3-10(15)8-13/h4-5,7,10,15H,2-3,6,8H2,1H3. The number of aliphatic hydroxyl groups excluding tert-OH is 1. The highest BCUT2D eigenvalue weighted by molar-refractivity contribution is 5.59. The van der Waals surface area contributed by atoms with Crippen LogP contribution in [0.1, 0.15) is 12.8 Å². The first-order chi connectivity index (χ1) is 8.61. The average Bonchev–Trinajstić information content (AvgIpc) is 2.37. The number of hydrogen-bond acceptors (Lipinski definition) is 5. The number of rotatable bonds is 3. The second-order valence-corrected chi connectivity index (χ2v) is 4.36. The number of nitro benzene ring substituents is 1. The zero-order chi connectivity index (χ0) is 13.1. The molecule has 0 radical (unpaired) electrons. The topological polar surface area (TPSA) is 75.8 Å². The Morgan fingerprint density at radius 2 is 2.33 bits per heavy atom. The average molecular weight is 252 g/mol. The van der Waals surface area contributed by atoms with E-state index in [0.717, 1.165) is 25.1 Å². The number of methoxy groups -OCH3 is 1. The number of benzene rings is 1. The molecule has 1 aromatic carbocycles. The van der Waals surface area contributed by atoms with Crippen molar-refractivity contribution in [2.24, 2.45) is 0 Å². The monoisotopic (exact) mass is 252 g/mol. The van der Waals surface area contributed by atoms with Crippen molar-refractivity contribution in [3.63, 3.8) is 0 Å². The Morgan fingerprint density at radius 3 is 2.94 bits per heavy atom. The van der Waals surface area contributed by atoms with Crippen molar-refractivity contribution in [2.75, 3.05) is 25.1 Å². The first kappa shape index (κ1) is 12.6. The van der Waals surface area contributed by atoms with E-state index in [0.29, 0.717) is 6.54 Å². The highest BCUT2D eigenvalue weighted by Gasteiger charge is 2.21. The minimum atomic E-state index is -0.465. The molecule has 1 heterocycles. The van der Waals surface area contributed by atoms with Crippen LogP contribution in [0.3, 0.4) is 0 Å². The molecule has 0 aliphatic carbocycles. The van der Waals surface area contributed by atoms with Gasteiger partial charge in [0.25, 0.3) is 0 Å². The van der Waals surface area contributed by atoms with Gasteiger partial charge in [0.05, 0.1) is 18.1 Å².